The van der Waals surface area contributed by atoms with Gasteiger partial charge in [-0.3, -0.25) is 0 Å². The minimum Gasteiger partial charge on any atom is -0.396 e. The van der Waals surface area contributed by atoms with E-state index in [1.807, 2.05) is 0 Å². The first-order valence-corrected chi connectivity index (χ1v) is 3.42. The molecular formula is C6H11F2NO2. The lowest BCUT2D eigenvalue weighted by molar-refractivity contribution is -0.110. The van der Waals surface area contributed by atoms with Crippen molar-refractivity contribution < 1.29 is 19.0 Å². The summed E-state index contributed by atoms with van der Waals surface area (Å²) in [6.07, 6.45) is -1.81. The molecule has 1 rings (SSSR count). The molecule has 0 aromatic rings. The quantitative estimate of drug-likeness (QED) is 0.485. The molecule has 0 saturated heterocycles. The van der Waals surface area contributed by atoms with E-state index in [9.17, 15) is 8.78 Å². The lowest BCUT2D eigenvalue weighted by Gasteiger charge is -2.18. The Bertz CT molecular complexity index is 154. The van der Waals surface area contributed by atoms with Crippen molar-refractivity contribution in [3.05, 3.63) is 0 Å². The third-order valence-corrected chi connectivity index (χ3v) is 2.13. The van der Waals surface area contributed by atoms with Crippen LogP contribution in [0.25, 0.3) is 0 Å². The van der Waals surface area contributed by atoms with E-state index in [4.69, 9.17) is 15.9 Å². The minimum absolute atomic E-state index is 0.0231. The van der Waals surface area contributed by atoms with Crippen molar-refractivity contribution in [1.29, 1.82) is 0 Å². The summed E-state index contributed by atoms with van der Waals surface area (Å²) in [5.74, 6) is -4.02. The van der Waals surface area contributed by atoms with Crippen LogP contribution in [0, 0.1) is 5.92 Å². The highest BCUT2D eigenvalue weighted by atomic mass is 19.3. The summed E-state index contributed by atoms with van der Waals surface area (Å²) in [6, 6.07) is -1.32. The Labute approximate surface area is 62.8 Å². The Morgan fingerprint density at radius 1 is 1.55 bits per heavy atom. The molecule has 0 radical (unpaired) electrons. The van der Waals surface area contributed by atoms with Crippen molar-refractivity contribution in [2.24, 2.45) is 11.7 Å². The predicted octanol–water partition coefficient (Wildman–Crippen LogP) is -0.678. The highest BCUT2D eigenvalue weighted by Crippen LogP contribution is 2.37. The normalized spacial score (nSPS) is 42.8. The van der Waals surface area contributed by atoms with Crippen LogP contribution in [-0.2, 0) is 0 Å². The highest BCUT2D eigenvalue weighted by Gasteiger charge is 2.54. The molecule has 11 heavy (non-hydrogen) atoms. The van der Waals surface area contributed by atoms with Gasteiger partial charge in [-0.2, -0.15) is 0 Å². The predicted molar refractivity (Wildman–Crippen MR) is 34.1 cm³/mol. The van der Waals surface area contributed by atoms with Gasteiger partial charge in [-0.05, 0) is 6.42 Å². The maximum absolute atomic E-state index is 12.7. The summed E-state index contributed by atoms with van der Waals surface area (Å²) in [5.41, 5.74) is 5.05. The summed E-state index contributed by atoms with van der Waals surface area (Å²) >= 11 is 0. The SMILES string of the molecule is N[C@@H]1C[C@H](CO)[C@@H](O)C1(F)F. The van der Waals surface area contributed by atoms with Crippen molar-refractivity contribution in [2.75, 3.05) is 6.61 Å². The molecule has 0 spiro atoms. The van der Waals surface area contributed by atoms with Crippen LogP contribution in [0.3, 0.4) is 0 Å². The fourth-order valence-corrected chi connectivity index (χ4v) is 1.32. The molecule has 1 saturated carbocycles. The van der Waals surface area contributed by atoms with Gasteiger partial charge in [0.15, 0.2) is 0 Å². The third-order valence-electron chi connectivity index (χ3n) is 2.13. The number of hydrogen-bond acceptors (Lipinski definition) is 3. The van der Waals surface area contributed by atoms with Crippen molar-refractivity contribution in [3.63, 3.8) is 0 Å². The van der Waals surface area contributed by atoms with Gasteiger partial charge in [-0.1, -0.05) is 0 Å². The van der Waals surface area contributed by atoms with Gasteiger partial charge in [-0.25, -0.2) is 8.78 Å². The first kappa shape index (κ1) is 8.83. The molecule has 0 amide bonds. The second kappa shape index (κ2) is 2.66. The average molecular weight is 167 g/mol. The second-order valence-corrected chi connectivity index (χ2v) is 2.90. The van der Waals surface area contributed by atoms with Gasteiger partial charge in [0.2, 0.25) is 0 Å². The molecule has 3 atom stereocenters. The van der Waals surface area contributed by atoms with Crippen LogP contribution in [0.4, 0.5) is 8.78 Å². The van der Waals surface area contributed by atoms with Gasteiger partial charge in [-0.15, -0.1) is 0 Å². The first-order chi connectivity index (χ1) is 5.00. The summed E-state index contributed by atoms with van der Waals surface area (Å²) in [7, 11) is 0. The van der Waals surface area contributed by atoms with Crippen LogP contribution in [0.15, 0.2) is 0 Å². The number of hydrogen-bond donors (Lipinski definition) is 3. The molecule has 66 valence electrons. The number of rotatable bonds is 1. The maximum atomic E-state index is 12.7. The Morgan fingerprint density at radius 3 is 2.27 bits per heavy atom. The molecule has 0 aliphatic heterocycles. The topological polar surface area (TPSA) is 66.5 Å². The van der Waals surface area contributed by atoms with E-state index in [1.54, 1.807) is 0 Å². The van der Waals surface area contributed by atoms with Gasteiger partial charge >= 0.3 is 0 Å². The standard InChI is InChI=1S/C6H11F2NO2/c7-6(8)4(9)1-3(2-10)5(6)11/h3-5,10-11H,1-2,9H2/t3-,4-,5-/m1/s1. The summed E-state index contributed by atoms with van der Waals surface area (Å²) in [6.45, 7) is -0.440. The van der Waals surface area contributed by atoms with Crippen molar-refractivity contribution in [3.8, 4) is 0 Å². The fourth-order valence-electron chi connectivity index (χ4n) is 1.32. The van der Waals surface area contributed by atoms with Gasteiger partial charge in [0, 0.05) is 12.5 Å². The number of aliphatic hydroxyl groups is 2. The fraction of sp³-hybridized carbons (Fsp3) is 1.00. The van der Waals surface area contributed by atoms with E-state index in [0.29, 0.717) is 0 Å². The molecule has 0 bridgehead atoms. The lowest BCUT2D eigenvalue weighted by Crippen LogP contribution is -2.43. The van der Waals surface area contributed by atoms with Crippen molar-refractivity contribution in [2.45, 2.75) is 24.5 Å². The maximum Gasteiger partial charge on any atom is 0.288 e. The second-order valence-electron chi connectivity index (χ2n) is 2.90. The molecule has 1 aliphatic rings. The minimum atomic E-state index is -3.24. The van der Waals surface area contributed by atoms with E-state index in [1.165, 1.54) is 0 Å². The largest absolute Gasteiger partial charge is 0.396 e. The number of aliphatic hydroxyl groups excluding tert-OH is 2. The molecular weight excluding hydrogens is 156 g/mol. The lowest BCUT2D eigenvalue weighted by atomic mass is 10.1. The zero-order valence-corrected chi connectivity index (χ0v) is 5.87. The molecule has 0 unspecified atom stereocenters. The van der Waals surface area contributed by atoms with Crippen molar-refractivity contribution in [1.82, 2.24) is 0 Å². The zero-order valence-electron chi connectivity index (χ0n) is 5.87. The molecule has 1 fully saturated rings. The van der Waals surface area contributed by atoms with E-state index >= 15 is 0 Å². The van der Waals surface area contributed by atoms with Crippen LogP contribution in [-0.4, -0.2) is 34.9 Å². The number of halogens is 2. The smallest absolute Gasteiger partial charge is 0.288 e. The van der Waals surface area contributed by atoms with Gasteiger partial charge < -0.3 is 15.9 Å². The van der Waals surface area contributed by atoms with E-state index < -0.39 is 30.6 Å². The van der Waals surface area contributed by atoms with E-state index in [2.05, 4.69) is 0 Å². The molecule has 0 aromatic heterocycles. The summed E-state index contributed by atoms with van der Waals surface area (Å²) < 4.78 is 25.4. The number of alkyl halides is 2. The van der Waals surface area contributed by atoms with Gasteiger partial charge in [0.25, 0.3) is 5.92 Å². The van der Waals surface area contributed by atoms with Crippen LogP contribution < -0.4 is 5.73 Å². The molecule has 5 heteroatoms. The van der Waals surface area contributed by atoms with Crippen LogP contribution in [0.1, 0.15) is 6.42 Å². The Balaban J connectivity index is 2.71. The van der Waals surface area contributed by atoms with Crippen LogP contribution >= 0.6 is 0 Å². The average Bonchev–Trinajstić information content (AvgIpc) is 2.14. The van der Waals surface area contributed by atoms with E-state index in [-0.39, 0.29) is 6.42 Å². The molecule has 0 aromatic carbocycles. The monoisotopic (exact) mass is 167 g/mol. The Hall–Kier alpha value is -0.260. The first-order valence-electron chi connectivity index (χ1n) is 3.42. The zero-order chi connectivity index (χ0) is 8.65. The van der Waals surface area contributed by atoms with Gasteiger partial charge in [0.1, 0.15) is 6.10 Å². The van der Waals surface area contributed by atoms with Crippen LogP contribution in [0.2, 0.25) is 0 Å². The molecule has 4 N–H and O–H groups in total. The van der Waals surface area contributed by atoms with Crippen LogP contribution in [0.5, 0.6) is 0 Å². The summed E-state index contributed by atoms with van der Waals surface area (Å²) in [5, 5.41) is 17.4. The molecule has 0 heterocycles. The number of nitrogens with two attached hydrogens (primary N) is 1. The molecule has 3 nitrogen and oxygen atoms in total. The summed E-state index contributed by atoms with van der Waals surface area (Å²) in [4.78, 5) is 0. The third kappa shape index (κ3) is 1.23. The highest BCUT2D eigenvalue weighted by molar-refractivity contribution is 4.99. The van der Waals surface area contributed by atoms with Gasteiger partial charge in [0.05, 0.1) is 6.04 Å². The Kier molecular flexibility index (Phi) is 2.13. The van der Waals surface area contributed by atoms with E-state index in [0.717, 1.165) is 0 Å². The Morgan fingerprint density at radius 2 is 2.09 bits per heavy atom. The molecule has 1 aliphatic carbocycles. The van der Waals surface area contributed by atoms with Crippen molar-refractivity contribution >= 4 is 0 Å².